The Morgan fingerprint density at radius 1 is 1.09 bits per heavy atom. The van der Waals surface area contributed by atoms with Crippen LogP contribution in [0.5, 0.6) is 0 Å². The third-order valence-corrected chi connectivity index (χ3v) is 5.48. The number of carbonyl (C=O) groups excluding carboxylic acids is 3. The minimum atomic E-state index is -0.552. The number of nitrogens with one attached hydrogen (secondary N) is 1. The van der Waals surface area contributed by atoms with E-state index in [1.165, 1.54) is 11.3 Å². The molecule has 0 radical (unpaired) electrons. The van der Waals surface area contributed by atoms with E-state index in [9.17, 15) is 14.4 Å². The summed E-state index contributed by atoms with van der Waals surface area (Å²) >= 11 is 1.39. The number of rotatable bonds is 9. The monoisotopic (exact) mass is 452 g/mol. The van der Waals surface area contributed by atoms with Crippen LogP contribution in [0, 0.1) is 0 Å². The van der Waals surface area contributed by atoms with Gasteiger partial charge in [0.05, 0.1) is 17.8 Å². The molecule has 0 aliphatic rings. The number of hydrogen-bond donors (Lipinski definition) is 1. The molecule has 0 spiro atoms. The predicted octanol–water partition coefficient (Wildman–Crippen LogP) is 3.41. The Bertz CT molecular complexity index is 1080. The van der Waals surface area contributed by atoms with Crippen molar-refractivity contribution >= 4 is 34.8 Å². The maximum atomic E-state index is 12.5. The van der Waals surface area contributed by atoms with Crippen molar-refractivity contribution in [2.75, 3.05) is 25.0 Å². The van der Waals surface area contributed by atoms with Gasteiger partial charge in [-0.05, 0) is 44.2 Å². The number of amides is 2. The highest BCUT2D eigenvalue weighted by Gasteiger charge is 2.15. The Hall–Kier alpha value is -3.59. The Balaban J connectivity index is 1.50. The van der Waals surface area contributed by atoms with Gasteiger partial charge in [0.15, 0.2) is 6.61 Å². The topological polar surface area (TPSA) is 101 Å². The van der Waals surface area contributed by atoms with Gasteiger partial charge >= 0.3 is 5.97 Å². The molecule has 2 amide bonds. The number of anilines is 1. The Kier molecular flexibility index (Phi) is 8.04. The van der Waals surface area contributed by atoms with Gasteiger partial charge in [-0.3, -0.25) is 19.4 Å². The van der Waals surface area contributed by atoms with Crippen LogP contribution in [-0.2, 0) is 20.7 Å². The second-order valence-corrected chi connectivity index (χ2v) is 7.66. The number of esters is 1. The number of carbonyl (C=O) groups is 3. The molecule has 0 saturated heterocycles. The molecule has 1 aromatic carbocycles. The molecule has 166 valence electrons. The third kappa shape index (κ3) is 6.21. The van der Waals surface area contributed by atoms with Crippen LogP contribution < -0.4 is 5.32 Å². The Morgan fingerprint density at radius 2 is 1.91 bits per heavy atom. The van der Waals surface area contributed by atoms with Crippen molar-refractivity contribution in [3.63, 3.8) is 0 Å². The molecule has 8 nitrogen and oxygen atoms in total. The first-order valence-corrected chi connectivity index (χ1v) is 11.1. The van der Waals surface area contributed by atoms with Crippen molar-refractivity contribution < 1.29 is 19.1 Å². The van der Waals surface area contributed by atoms with Crippen LogP contribution >= 0.6 is 11.3 Å². The fourth-order valence-electron chi connectivity index (χ4n) is 2.96. The number of pyridine rings is 1. The summed E-state index contributed by atoms with van der Waals surface area (Å²) in [6.07, 6.45) is 1.64. The average molecular weight is 453 g/mol. The fourth-order valence-corrected chi connectivity index (χ4v) is 3.76. The fraction of sp³-hybridized carbons (Fsp3) is 0.261. The van der Waals surface area contributed by atoms with Gasteiger partial charge in [0.25, 0.3) is 11.8 Å². The van der Waals surface area contributed by atoms with Crippen LogP contribution in [-0.4, -0.2) is 52.3 Å². The standard InChI is InChI=1S/C23H24N4O4S/c1-3-27(4-2)23(30)16-8-7-9-17(12-16)25-20(28)14-31-21(29)13-18-15-32-22(26-18)19-10-5-6-11-24-19/h5-12,15H,3-4,13-14H2,1-2H3,(H,25,28). The number of thiazole rings is 1. The van der Waals surface area contributed by atoms with Crippen molar-refractivity contribution in [2.45, 2.75) is 20.3 Å². The molecule has 3 aromatic rings. The highest BCUT2D eigenvalue weighted by Crippen LogP contribution is 2.21. The molecule has 0 aliphatic heterocycles. The molecule has 0 saturated carbocycles. The van der Waals surface area contributed by atoms with Gasteiger partial charge < -0.3 is 15.0 Å². The van der Waals surface area contributed by atoms with E-state index in [2.05, 4.69) is 15.3 Å². The van der Waals surface area contributed by atoms with Crippen LogP contribution in [0.25, 0.3) is 10.7 Å². The van der Waals surface area contributed by atoms with Crippen molar-refractivity contribution in [1.82, 2.24) is 14.9 Å². The van der Waals surface area contributed by atoms with Gasteiger partial charge in [-0.25, -0.2) is 4.98 Å². The summed E-state index contributed by atoms with van der Waals surface area (Å²) in [6, 6.07) is 12.2. The van der Waals surface area contributed by atoms with E-state index in [1.54, 1.807) is 40.7 Å². The van der Waals surface area contributed by atoms with Gasteiger partial charge in [-0.15, -0.1) is 11.3 Å². The van der Waals surface area contributed by atoms with E-state index in [-0.39, 0.29) is 12.3 Å². The third-order valence-electron chi connectivity index (χ3n) is 4.57. The number of hydrogen-bond acceptors (Lipinski definition) is 7. The molecule has 1 N–H and O–H groups in total. The van der Waals surface area contributed by atoms with Crippen molar-refractivity contribution in [3.05, 3.63) is 65.3 Å². The number of aromatic nitrogens is 2. The van der Waals surface area contributed by atoms with E-state index in [0.717, 1.165) is 5.69 Å². The molecule has 2 heterocycles. The molecule has 0 aliphatic carbocycles. The summed E-state index contributed by atoms with van der Waals surface area (Å²) < 4.78 is 5.07. The van der Waals surface area contributed by atoms with Crippen LogP contribution in [0.2, 0.25) is 0 Å². The highest BCUT2D eigenvalue weighted by atomic mass is 32.1. The lowest BCUT2D eigenvalue weighted by Gasteiger charge is -2.19. The summed E-state index contributed by atoms with van der Waals surface area (Å²) in [7, 11) is 0. The molecule has 0 atom stereocenters. The van der Waals surface area contributed by atoms with E-state index in [1.807, 2.05) is 32.0 Å². The van der Waals surface area contributed by atoms with E-state index >= 15 is 0 Å². The van der Waals surface area contributed by atoms with Gasteiger partial charge in [0.2, 0.25) is 0 Å². The summed E-state index contributed by atoms with van der Waals surface area (Å²) in [6.45, 7) is 4.59. The van der Waals surface area contributed by atoms with Crippen LogP contribution in [0.15, 0.2) is 54.0 Å². The highest BCUT2D eigenvalue weighted by molar-refractivity contribution is 7.13. The maximum absolute atomic E-state index is 12.5. The lowest BCUT2D eigenvalue weighted by atomic mass is 10.1. The summed E-state index contributed by atoms with van der Waals surface area (Å²) in [5.74, 6) is -1.15. The molecule has 32 heavy (non-hydrogen) atoms. The van der Waals surface area contributed by atoms with Crippen molar-refractivity contribution in [1.29, 1.82) is 0 Å². The number of ether oxygens (including phenoxy) is 1. The van der Waals surface area contributed by atoms with E-state index in [4.69, 9.17) is 4.74 Å². The molecule has 3 rings (SSSR count). The number of benzene rings is 1. The lowest BCUT2D eigenvalue weighted by Crippen LogP contribution is -2.30. The van der Waals surface area contributed by atoms with Gasteiger partial charge in [0.1, 0.15) is 5.01 Å². The first-order valence-electron chi connectivity index (χ1n) is 10.2. The Morgan fingerprint density at radius 3 is 2.62 bits per heavy atom. The largest absolute Gasteiger partial charge is 0.455 e. The zero-order chi connectivity index (χ0) is 22.9. The van der Waals surface area contributed by atoms with Crippen LogP contribution in [0.3, 0.4) is 0 Å². The first kappa shape index (κ1) is 23.1. The molecule has 0 unspecified atom stereocenters. The van der Waals surface area contributed by atoms with Gasteiger partial charge in [-0.2, -0.15) is 0 Å². The second kappa shape index (κ2) is 11.1. The molecule has 0 fully saturated rings. The quantitative estimate of drug-likeness (QED) is 0.499. The van der Waals surface area contributed by atoms with Crippen molar-refractivity contribution in [2.24, 2.45) is 0 Å². The van der Waals surface area contributed by atoms with Crippen LogP contribution in [0.4, 0.5) is 5.69 Å². The maximum Gasteiger partial charge on any atom is 0.312 e. The normalized spacial score (nSPS) is 10.4. The summed E-state index contributed by atoms with van der Waals surface area (Å²) in [4.78, 5) is 47.1. The average Bonchev–Trinajstić information content (AvgIpc) is 3.27. The van der Waals surface area contributed by atoms with E-state index in [0.29, 0.717) is 35.0 Å². The zero-order valence-electron chi connectivity index (χ0n) is 17.9. The molecule has 2 aromatic heterocycles. The second-order valence-electron chi connectivity index (χ2n) is 6.80. The first-order chi connectivity index (χ1) is 15.5. The summed E-state index contributed by atoms with van der Waals surface area (Å²) in [5.41, 5.74) is 2.24. The summed E-state index contributed by atoms with van der Waals surface area (Å²) in [5, 5.41) is 5.13. The number of nitrogens with zero attached hydrogens (tertiary/aromatic N) is 3. The van der Waals surface area contributed by atoms with Gasteiger partial charge in [-0.1, -0.05) is 12.1 Å². The predicted molar refractivity (Wildman–Crippen MR) is 122 cm³/mol. The lowest BCUT2D eigenvalue weighted by molar-refractivity contribution is -0.146. The Labute approximate surface area is 190 Å². The minimum Gasteiger partial charge on any atom is -0.455 e. The van der Waals surface area contributed by atoms with Crippen LogP contribution in [0.1, 0.15) is 29.9 Å². The van der Waals surface area contributed by atoms with Crippen molar-refractivity contribution in [3.8, 4) is 10.7 Å². The smallest absolute Gasteiger partial charge is 0.312 e. The SMILES string of the molecule is CCN(CC)C(=O)c1cccc(NC(=O)COC(=O)Cc2csc(-c3ccccn3)n2)c1. The molecule has 0 bridgehead atoms. The zero-order valence-corrected chi connectivity index (χ0v) is 18.7. The molecule has 9 heteroatoms. The minimum absolute atomic E-state index is 0.0372. The van der Waals surface area contributed by atoms with E-state index < -0.39 is 18.5 Å². The molecular weight excluding hydrogens is 428 g/mol. The van der Waals surface area contributed by atoms with Gasteiger partial charge in [0, 0.05) is 35.9 Å². The molecular formula is C23H24N4O4S.